The molecule has 5 rings (SSSR count). The molecule has 3 aromatic heterocycles. The number of nitrogens with one attached hydrogen (secondary N) is 1. The van der Waals surface area contributed by atoms with Crippen LogP contribution in [0.25, 0.3) is 16.9 Å². The first-order chi connectivity index (χ1) is 18.9. The number of aromatic nitrogens is 3. The zero-order valence-corrected chi connectivity index (χ0v) is 23.4. The van der Waals surface area contributed by atoms with Crippen LogP contribution in [0.4, 0.5) is 18.2 Å². The van der Waals surface area contributed by atoms with Crippen molar-refractivity contribution in [1.82, 2.24) is 14.6 Å². The van der Waals surface area contributed by atoms with E-state index in [9.17, 15) is 22.8 Å². The van der Waals surface area contributed by atoms with Gasteiger partial charge in [0, 0.05) is 10.4 Å². The summed E-state index contributed by atoms with van der Waals surface area (Å²) in [5.74, 6) is -0.844. The van der Waals surface area contributed by atoms with Gasteiger partial charge >= 0.3 is 12.1 Å². The quantitative estimate of drug-likeness (QED) is 0.260. The van der Waals surface area contributed by atoms with Gasteiger partial charge in [0.05, 0.1) is 24.1 Å². The Labute approximate surface area is 233 Å². The zero-order valence-electron chi connectivity index (χ0n) is 22.6. The lowest BCUT2D eigenvalue weighted by molar-refractivity contribution is -0.142. The molecule has 7 nitrogen and oxygen atoms in total. The van der Waals surface area contributed by atoms with Crippen molar-refractivity contribution in [3.05, 3.63) is 69.9 Å². The number of hydrogen-bond acceptors (Lipinski definition) is 6. The third kappa shape index (κ3) is 5.22. The molecule has 0 unspecified atom stereocenters. The number of thiophene rings is 1. The molecule has 1 atom stereocenters. The zero-order chi connectivity index (χ0) is 28.8. The Morgan fingerprint density at radius 2 is 1.90 bits per heavy atom. The minimum atomic E-state index is -4.74. The van der Waals surface area contributed by atoms with Crippen LogP contribution in [-0.4, -0.2) is 33.1 Å². The first-order valence-electron chi connectivity index (χ1n) is 13.0. The van der Waals surface area contributed by atoms with Gasteiger partial charge in [-0.15, -0.1) is 11.3 Å². The Balaban J connectivity index is 1.57. The summed E-state index contributed by atoms with van der Waals surface area (Å²) in [7, 11) is 0. The molecule has 0 saturated heterocycles. The van der Waals surface area contributed by atoms with Gasteiger partial charge in [-0.3, -0.25) is 4.79 Å². The highest BCUT2D eigenvalue weighted by Gasteiger charge is 2.37. The second-order valence-electron chi connectivity index (χ2n) is 10.9. The van der Waals surface area contributed by atoms with Gasteiger partial charge in [-0.2, -0.15) is 18.3 Å². The minimum Gasteiger partial charge on any atom is -0.462 e. The van der Waals surface area contributed by atoms with Crippen LogP contribution in [0.3, 0.4) is 0 Å². The maximum atomic E-state index is 14.0. The van der Waals surface area contributed by atoms with Crippen molar-refractivity contribution in [3.63, 3.8) is 0 Å². The molecule has 1 aliphatic rings. The number of rotatable bonds is 5. The lowest BCUT2D eigenvalue weighted by Crippen LogP contribution is -2.26. The summed E-state index contributed by atoms with van der Waals surface area (Å²) in [6, 6.07) is 9.32. The van der Waals surface area contributed by atoms with Crippen molar-refractivity contribution in [2.24, 2.45) is 11.3 Å². The maximum absolute atomic E-state index is 14.0. The number of carbonyl (C=O) groups excluding carboxylic acids is 2. The Bertz CT molecular complexity index is 1590. The fourth-order valence-electron chi connectivity index (χ4n) is 5.08. The predicted octanol–water partition coefficient (Wildman–Crippen LogP) is 7.06. The van der Waals surface area contributed by atoms with Crippen molar-refractivity contribution in [2.45, 2.75) is 53.1 Å². The highest BCUT2D eigenvalue weighted by atomic mass is 32.1. The Hall–Kier alpha value is -3.73. The van der Waals surface area contributed by atoms with E-state index < -0.39 is 23.7 Å². The number of amides is 1. The van der Waals surface area contributed by atoms with Gasteiger partial charge in [0.1, 0.15) is 10.6 Å². The molecular weight excluding hydrogens is 541 g/mol. The molecule has 0 radical (unpaired) electrons. The molecule has 210 valence electrons. The molecule has 1 N–H and O–H groups in total. The Kier molecular flexibility index (Phi) is 7.20. The van der Waals surface area contributed by atoms with Gasteiger partial charge < -0.3 is 10.1 Å². The average Bonchev–Trinajstić information content (AvgIpc) is 3.48. The smallest absolute Gasteiger partial charge is 0.433 e. The number of fused-ring (bicyclic) bond motifs is 2. The van der Waals surface area contributed by atoms with Crippen LogP contribution in [0.15, 0.2) is 42.6 Å². The standard InChI is InChI=1S/C29H29F3N4O3S/c1-5-39-27(38)23-18-12-11-17(28(2,3)4)13-21(18)40-26(23)35-25(37)19-15-33-36-22(29(30,31)32)14-20(34-24(19)36)16-9-7-6-8-10-16/h6-10,14-15,17H,5,11-13H2,1-4H3,(H,35,37)/t17-/m1/s1. The summed E-state index contributed by atoms with van der Waals surface area (Å²) in [6.45, 7) is 8.42. The van der Waals surface area contributed by atoms with Crippen molar-refractivity contribution < 1.29 is 27.5 Å². The fraction of sp³-hybridized carbons (Fsp3) is 0.379. The van der Waals surface area contributed by atoms with E-state index in [4.69, 9.17) is 4.74 Å². The first kappa shape index (κ1) is 27.8. The molecule has 0 aliphatic heterocycles. The monoisotopic (exact) mass is 570 g/mol. The third-order valence-corrected chi connectivity index (χ3v) is 8.44. The number of nitrogens with zero attached hydrogens (tertiary/aromatic N) is 3. The summed E-state index contributed by atoms with van der Waals surface area (Å²) in [6.07, 6.45) is -1.34. The minimum absolute atomic E-state index is 0.0574. The Morgan fingerprint density at radius 3 is 2.55 bits per heavy atom. The molecule has 1 aliphatic carbocycles. The molecule has 1 aromatic carbocycles. The first-order valence-corrected chi connectivity index (χ1v) is 13.8. The summed E-state index contributed by atoms with van der Waals surface area (Å²) in [5.41, 5.74) is 0.340. The van der Waals surface area contributed by atoms with Gasteiger partial charge in [0.15, 0.2) is 11.3 Å². The van der Waals surface area contributed by atoms with Crippen LogP contribution < -0.4 is 5.32 Å². The van der Waals surface area contributed by atoms with E-state index in [0.717, 1.165) is 35.5 Å². The van der Waals surface area contributed by atoms with E-state index in [2.05, 4.69) is 36.2 Å². The van der Waals surface area contributed by atoms with Gasteiger partial charge in [-0.1, -0.05) is 51.1 Å². The van der Waals surface area contributed by atoms with E-state index in [1.807, 2.05) is 0 Å². The number of carbonyl (C=O) groups is 2. The molecule has 3 heterocycles. The topological polar surface area (TPSA) is 85.6 Å². The number of benzene rings is 1. The highest BCUT2D eigenvalue weighted by Crippen LogP contribution is 2.44. The summed E-state index contributed by atoms with van der Waals surface area (Å²) < 4.78 is 47.9. The number of halogens is 3. The van der Waals surface area contributed by atoms with Gasteiger partial charge in [0.25, 0.3) is 5.91 Å². The number of hydrogen-bond donors (Lipinski definition) is 1. The van der Waals surface area contributed by atoms with Gasteiger partial charge in [-0.25, -0.2) is 14.3 Å². The van der Waals surface area contributed by atoms with Crippen molar-refractivity contribution in [3.8, 4) is 11.3 Å². The molecule has 1 amide bonds. The molecule has 0 saturated carbocycles. The largest absolute Gasteiger partial charge is 0.462 e. The normalized spacial score (nSPS) is 15.6. The summed E-state index contributed by atoms with van der Waals surface area (Å²) in [4.78, 5) is 31.9. The number of esters is 1. The Morgan fingerprint density at radius 1 is 1.18 bits per heavy atom. The number of ether oxygens (including phenoxy) is 1. The van der Waals surface area contributed by atoms with Crippen LogP contribution in [0.1, 0.15) is 71.0 Å². The summed E-state index contributed by atoms with van der Waals surface area (Å²) in [5, 5.41) is 6.95. The van der Waals surface area contributed by atoms with E-state index >= 15 is 0 Å². The molecule has 4 aromatic rings. The lowest BCUT2D eigenvalue weighted by Gasteiger charge is -2.33. The predicted molar refractivity (Wildman–Crippen MR) is 147 cm³/mol. The molecule has 0 bridgehead atoms. The second-order valence-corrected chi connectivity index (χ2v) is 12.0. The molecule has 11 heteroatoms. The van der Waals surface area contributed by atoms with Crippen molar-refractivity contribution in [2.75, 3.05) is 11.9 Å². The van der Waals surface area contributed by atoms with Crippen molar-refractivity contribution >= 4 is 33.9 Å². The van der Waals surface area contributed by atoms with Gasteiger partial charge in [0.2, 0.25) is 0 Å². The average molecular weight is 571 g/mol. The SMILES string of the molecule is CCOC(=O)c1c(NC(=O)c2cnn3c(C(F)(F)F)cc(-c4ccccc4)nc23)sc2c1CC[C@@H](C(C)(C)C)C2. The number of anilines is 1. The highest BCUT2D eigenvalue weighted by molar-refractivity contribution is 7.17. The molecule has 0 spiro atoms. The maximum Gasteiger partial charge on any atom is 0.433 e. The molecule has 40 heavy (non-hydrogen) atoms. The summed E-state index contributed by atoms with van der Waals surface area (Å²) >= 11 is 1.31. The van der Waals surface area contributed by atoms with Gasteiger partial charge in [-0.05, 0) is 49.1 Å². The fourth-order valence-corrected chi connectivity index (χ4v) is 6.40. The number of alkyl halides is 3. The van der Waals surface area contributed by atoms with Crippen LogP contribution in [0.5, 0.6) is 0 Å². The van der Waals surface area contributed by atoms with Crippen LogP contribution in [0.2, 0.25) is 0 Å². The lowest BCUT2D eigenvalue weighted by atomic mass is 9.72. The van der Waals surface area contributed by atoms with Crippen LogP contribution >= 0.6 is 11.3 Å². The van der Waals surface area contributed by atoms with E-state index in [-0.39, 0.29) is 28.9 Å². The third-order valence-electron chi connectivity index (χ3n) is 7.27. The second kappa shape index (κ2) is 10.3. The van der Waals surface area contributed by atoms with Crippen LogP contribution in [-0.2, 0) is 23.8 Å². The molecule has 0 fully saturated rings. The van der Waals surface area contributed by atoms with E-state index in [0.29, 0.717) is 33.0 Å². The van der Waals surface area contributed by atoms with Crippen LogP contribution in [0, 0.1) is 11.3 Å². The van der Waals surface area contributed by atoms with E-state index in [1.54, 1.807) is 37.3 Å². The molecular formula is C29H29F3N4O3S. The van der Waals surface area contributed by atoms with Crippen molar-refractivity contribution in [1.29, 1.82) is 0 Å². The van der Waals surface area contributed by atoms with E-state index in [1.165, 1.54) is 11.3 Å².